The molecule has 3 N–H and O–H groups in total. The van der Waals surface area contributed by atoms with Crippen LogP contribution in [-0.2, 0) is 0 Å². The second kappa shape index (κ2) is 7.56. The van der Waals surface area contributed by atoms with Crippen LogP contribution in [0, 0.1) is 0 Å². The molecule has 0 spiro atoms. The number of anilines is 2. The maximum absolute atomic E-state index is 5.78. The first kappa shape index (κ1) is 15.2. The number of unbranched alkanes of at least 4 members (excludes halogenated alkanes) is 1. The Labute approximate surface area is 125 Å². The van der Waals surface area contributed by atoms with Gasteiger partial charge in [-0.15, -0.1) is 0 Å². The van der Waals surface area contributed by atoms with Crippen LogP contribution in [0.4, 0.5) is 11.9 Å². The minimum Gasteiger partial charge on any atom is -0.368 e. The van der Waals surface area contributed by atoms with Gasteiger partial charge in [0.25, 0.3) is 0 Å². The van der Waals surface area contributed by atoms with Crippen molar-refractivity contribution in [2.24, 2.45) is 0 Å². The van der Waals surface area contributed by atoms with Crippen LogP contribution in [0.1, 0.15) is 46.0 Å². The van der Waals surface area contributed by atoms with Gasteiger partial charge in [-0.2, -0.15) is 15.0 Å². The number of hydrogen-bond donors (Lipinski definition) is 2. The molecule has 0 aliphatic heterocycles. The quantitative estimate of drug-likeness (QED) is 0.775. The molecule has 0 aliphatic carbocycles. The summed E-state index contributed by atoms with van der Waals surface area (Å²) in [7, 11) is 0. The summed E-state index contributed by atoms with van der Waals surface area (Å²) in [5.74, 6) is 1.22. The van der Waals surface area contributed by atoms with Crippen LogP contribution < -0.4 is 11.1 Å². The standard InChI is InChI=1S/C14H23N7/c1-3-5-7-11(6-4-2)17-13-18-12(15)19-14(20-13)21-9-8-16-10-21/h8-11H,3-7H2,1-2H3,(H3,15,17,18,19,20). The average molecular weight is 289 g/mol. The predicted octanol–water partition coefficient (Wildman–Crippen LogP) is 2.41. The second-order valence-electron chi connectivity index (χ2n) is 5.06. The summed E-state index contributed by atoms with van der Waals surface area (Å²) in [6.45, 7) is 4.38. The summed E-state index contributed by atoms with van der Waals surface area (Å²) in [6.07, 6.45) is 10.8. The van der Waals surface area contributed by atoms with Gasteiger partial charge >= 0.3 is 0 Å². The Morgan fingerprint density at radius 1 is 1.19 bits per heavy atom. The fraction of sp³-hybridized carbons (Fsp3) is 0.571. The summed E-state index contributed by atoms with van der Waals surface area (Å²) >= 11 is 0. The zero-order chi connectivity index (χ0) is 15.1. The van der Waals surface area contributed by atoms with Crippen LogP contribution in [0.5, 0.6) is 0 Å². The molecule has 2 aromatic rings. The zero-order valence-corrected chi connectivity index (χ0v) is 12.7. The molecule has 1 unspecified atom stereocenters. The second-order valence-corrected chi connectivity index (χ2v) is 5.06. The van der Waals surface area contributed by atoms with Gasteiger partial charge in [-0.1, -0.05) is 33.1 Å². The Hall–Kier alpha value is -2.18. The van der Waals surface area contributed by atoms with Crippen LogP contribution in [0.3, 0.4) is 0 Å². The van der Waals surface area contributed by atoms with E-state index in [4.69, 9.17) is 5.73 Å². The van der Waals surface area contributed by atoms with Crippen molar-refractivity contribution in [3.8, 4) is 5.95 Å². The lowest BCUT2D eigenvalue weighted by molar-refractivity contribution is 0.560. The minimum atomic E-state index is 0.210. The molecule has 1 atom stereocenters. The molecule has 0 aliphatic rings. The largest absolute Gasteiger partial charge is 0.368 e. The van der Waals surface area contributed by atoms with E-state index in [1.54, 1.807) is 23.3 Å². The number of nitrogens with one attached hydrogen (secondary N) is 1. The molecular formula is C14H23N7. The normalized spacial score (nSPS) is 12.3. The van der Waals surface area contributed by atoms with E-state index in [1.165, 1.54) is 12.8 Å². The summed E-state index contributed by atoms with van der Waals surface area (Å²) in [5, 5.41) is 3.38. The summed E-state index contributed by atoms with van der Waals surface area (Å²) < 4.78 is 1.71. The molecule has 0 amide bonds. The highest BCUT2D eigenvalue weighted by Crippen LogP contribution is 2.14. The number of nitrogens with two attached hydrogens (primary N) is 1. The topological polar surface area (TPSA) is 94.5 Å². The Morgan fingerprint density at radius 3 is 2.71 bits per heavy atom. The van der Waals surface area contributed by atoms with Gasteiger partial charge in [0.2, 0.25) is 17.8 Å². The first-order valence-electron chi connectivity index (χ1n) is 7.49. The fourth-order valence-electron chi connectivity index (χ4n) is 2.21. The highest BCUT2D eigenvalue weighted by Gasteiger charge is 2.11. The maximum Gasteiger partial charge on any atom is 0.241 e. The number of imidazole rings is 1. The van der Waals surface area contributed by atoms with E-state index in [2.05, 4.69) is 39.1 Å². The maximum atomic E-state index is 5.78. The minimum absolute atomic E-state index is 0.210. The Kier molecular flexibility index (Phi) is 5.48. The van der Waals surface area contributed by atoms with Crippen LogP contribution in [-0.4, -0.2) is 30.5 Å². The predicted molar refractivity (Wildman–Crippen MR) is 83.2 cm³/mol. The molecule has 0 bridgehead atoms. The molecule has 7 heteroatoms. The summed E-state index contributed by atoms with van der Waals surface area (Å²) in [4.78, 5) is 16.7. The number of aromatic nitrogens is 5. The SMILES string of the molecule is CCCCC(CCC)Nc1nc(N)nc(-n2ccnc2)n1. The van der Waals surface area contributed by atoms with Crippen molar-refractivity contribution >= 4 is 11.9 Å². The number of nitrogen functional groups attached to an aromatic ring is 1. The van der Waals surface area contributed by atoms with Gasteiger partial charge in [0.05, 0.1) is 0 Å². The van der Waals surface area contributed by atoms with E-state index in [0.717, 1.165) is 19.3 Å². The van der Waals surface area contributed by atoms with Gasteiger partial charge in [-0.25, -0.2) is 4.98 Å². The van der Waals surface area contributed by atoms with E-state index in [1.807, 2.05) is 0 Å². The molecule has 2 heterocycles. The van der Waals surface area contributed by atoms with E-state index in [-0.39, 0.29) is 5.95 Å². The fourth-order valence-corrected chi connectivity index (χ4v) is 2.21. The first-order chi connectivity index (χ1) is 10.2. The van der Waals surface area contributed by atoms with Gasteiger partial charge in [0.1, 0.15) is 6.33 Å². The average Bonchev–Trinajstić information content (AvgIpc) is 2.98. The Morgan fingerprint density at radius 2 is 2.05 bits per heavy atom. The van der Waals surface area contributed by atoms with E-state index < -0.39 is 0 Å². The molecule has 0 fully saturated rings. The summed E-state index contributed by atoms with van der Waals surface area (Å²) in [6, 6.07) is 0.368. The van der Waals surface area contributed by atoms with Crippen LogP contribution >= 0.6 is 0 Å². The zero-order valence-electron chi connectivity index (χ0n) is 12.7. The molecule has 0 saturated heterocycles. The Bertz CT molecular complexity index is 538. The van der Waals surface area contributed by atoms with E-state index in [0.29, 0.717) is 17.9 Å². The molecule has 0 saturated carbocycles. The van der Waals surface area contributed by atoms with Gasteiger partial charge < -0.3 is 11.1 Å². The smallest absolute Gasteiger partial charge is 0.241 e. The third-order valence-electron chi connectivity index (χ3n) is 3.25. The van der Waals surface area contributed by atoms with E-state index >= 15 is 0 Å². The number of hydrogen-bond acceptors (Lipinski definition) is 6. The van der Waals surface area contributed by atoms with Crippen LogP contribution in [0.15, 0.2) is 18.7 Å². The molecule has 2 rings (SSSR count). The highest BCUT2D eigenvalue weighted by molar-refractivity contribution is 5.35. The Balaban J connectivity index is 2.14. The van der Waals surface area contributed by atoms with Crippen molar-refractivity contribution in [1.29, 1.82) is 0 Å². The van der Waals surface area contributed by atoms with Gasteiger partial charge in [0.15, 0.2) is 0 Å². The third kappa shape index (κ3) is 4.40. The van der Waals surface area contributed by atoms with Crippen molar-refractivity contribution in [2.45, 2.75) is 52.0 Å². The lowest BCUT2D eigenvalue weighted by Crippen LogP contribution is -2.22. The molecule has 114 valence electrons. The van der Waals surface area contributed by atoms with Crippen molar-refractivity contribution in [3.05, 3.63) is 18.7 Å². The number of nitrogens with zero attached hydrogens (tertiary/aromatic N) is 5. The van der Waals surface area contributed by atoms with Crippen molar-refractivity contribution in [2.75, 3.05) is 11.1 Å². The molecule has 7 nitrogen and oxygen atoms in total. The highest BCUT2D eigenvalue weighted by atomic mass is 15.3. The summed E-state index contributed by atoms with van der Waals surface area (Å²) in [5.41, 5.74) is 5.78. The van der Waals surface area contributed by atoms with E-state index in [9.17, 15) is 0 Å². The van der Waals surface area contributed by atoms with Crippen molar-refractivity contribution in [3.63, 3.8) is 0 Å². The van der Waals surface area contributed by atoms with Gasteiger partial charge in [0, 0.05) is 18.4 Å². The van der Waals surface area contributed by atoms with Crippen LogP contribution in [0.25, 0.3) is 5.95 Å². The molecular weight excluding hydrogens is 266 g/mol. The van der Waals surface area contributed by atoms with Crippen molar-refractivity contribution in [1.82, 2.24) is 24.5 Å². The lowest BCUT2D eigenvalue weighted by Gasteiger charge is -2.18. The molecule has 2 aromatic heterocycles. The molecule has 21 heavy (non-hydrogen) atoms. The van der Waals surface area contributed by atoms with Gasteiger partial charge in [-0.3, -0.25) is 4.57 Å². The molecule has 0 radical (unpaired) electrons. The van der Waals surface area contributed by atoms with Crippen LogP contribution in [0.2, 0.25) is 0 Å². The first-order valence-corrected chi connectivity index (χ1v) is 7.49. The molecule has 0 aromatic carbocycles. The number of rotatable bonds is 8. The van der Waals surface area contributed by atoms with Gasteiger partial charge in [-0.05, 0) is 12.8 Å². The third-order valence-corrected chi connectivity index (χ3v) is 3.25. The van der Waals surface area contributed by atoms with Crippen molar-refractivity contribution < 1.29 is 0 Å². The lowest BCUT2D eigenvalue weighted by atomic mass is 10.1. The monoisotopic (exact) mass is 289 g/mol.